The standard InChI is InChI=1S/C20H14ClN5O4/c21-15-7-12(4-5-19(15)30-10-13-3-1-2-6-22-13)25-20-14-8-17(26(28)29)18(27)9-16(14)23-11-24-20/h1-9,11,27H,10H2,(H,23,24,25). The number of hydrogen-bond acceptors (Lipinski definition) is 8. The van der Waals surface area contributed by atoms with Crippen LogP contribution < -0.4 is 10.1 Å². The second-order valence-corrected chi connectivity index (χ2v) is 6.62. The molecule has 0 aliphatic rings. The molecule has 4 rings (SSSR count). The van der Waals surface area contributed by atoms with Crippen molar-refractivity contribution in [3.63, 3.8) is 0 Å². The van der Waals surface area contributed by atoms with Crippen molar-refractivity contribution in [2.75, 3.05) is 5.32 Å². The highest BCUT2D eigenvalue weighted by atomic mass is 35.5. The zero-order chi connectivity index (χ0) is 21.1. The molecule has 2 aromatic carbocycles. The molecule has 2 heterocycles. The third kappa shape index (κ3) is 4.06. The van der Waals surface area contributed by atoms with Gasteiger partial charge in [-0.3, -0.25) is 15.1 Å². The van der Waals surface area contributed by atoms with Gasteiger partial charge in [0.25, 0.3) is 0 Å². The van der Waals surface area contributed by atoms with Gasteiger partial charge in [-0.1, -0.05) is 17.7 Å². The van der Waals surface area contributed by atoms with E-state index in [0.29, 0.717) is 33.2 Å². The summed E-state index contributed by atoms with van der Waals surface area (Å²) < 4.78 is 5.70. The summed E-state index contributed by atoms with van der Waals surface area (Å²) in [4.78, 5) is 22.8. The van der Waals surface area contributed by atoms with Gasteiger partial charge in [0.1, 0.15) is 24.5 Å². The number of halogens is 1. The van der Waals surface area contributed by atoms with Gasteiger partial charge in [-0.15, -0.1) is 0 Å². The van der Waals surface area contributed by atoms with Crippen LogP contribution in [0.4, 0.5) is 17.2 Å². The van der Waals surface area contributed by atoms with Crippen LogP contribution in [0.2, 0.25) is 5.02 Å². The summed E-state index contributed by atoms with van der Waals surface area (Å²) >= 11 is 6.33. The average molecular weight is 424 g/mol. The van der Waals surface area contributed by atoms with Gasteiger partial charge in [0.15, 0.2) is 5.75 Å². The fourth-order valence-electron chi connectivity index (χ4n) is 2.79. The first kappa shape index (κ1) is 19.3. The van der Waals surface area contributed by atoms with Gasteiger partial charge in [0, 0.05) is 24.0 Å². The number of rotatable bonds is 6. The molecular formula is C20H14ClN5O4. The van der Waals surface area contributed by atoms with Crippen LogP contribution in [0.5, 0.6) is 11.5 Å². The maximum atomic E-state index is 11.1. The minimum absolute atomic E-state index is 0.275. The lowest BCUT2D eigenvalue weighted by Gasteiger charge is -2.12. The lowest BCUT2D eigenvalue weighted by atomic mass is 10.2. The minimum atomic E-state index is -0.670. The average Bonchev–Trinajstić information content (AvgIpc) is 2.73. The Balaban J connectivity index is 1.58. The Labute approximate surface area is 175 Å². The summed E-state index contributed by atoms with van der Waals surface area (Å²) in [6.45, 7) is 0.275. The Kier molecular flexibility index (Phi) is 5.27. The predicted molar refractivity (Wildman–Crippen MR) is 111 cm³/mol. The molecule has 2 N–H and O–H groups in total. The summed E-state index contributed by atoms with van der Waals surface area (Å²) in [5.74, 6) is 0.358. The number of phenolic OH excluding ortho intramolecular Hbond substituents is 1. The number of nitro benzene ring substituents is 1. The monoisotopic (exact) mass is 423 g/mol. The molecule has 0 atom stereocenters. The molecule has 2 aromatic heterocycles. The number of hydrogen-bond donors (Lipinski definition) is 2. The van der Waals surface area contributed by atoms with E-state index in [9.17, 15) is 15.2 Å². The number of nitro groups is 1. The van der Waals surface area contributed by atoms with Crippen LogP contribution in [0.15, 0.2) is 61.1 Å². The van der Waals surface area contributed by atoms with E-state index in [-0.39, 0.29) is 6.61 Å². The van der Waals surface area contributed by atoms with Gasteiger partial charge in [-0.2, -0.15) is 0 Å². The van der Waals surface area contributed by atoms with E-state index >= 15 is 0 Å². The van der Waals surface area contributed by atoms with Crippen LogP contribution in [0, 0.1) is 10.1 Å². The van der Waals surface area contributed by atoms with Gasteiger partial charge < -0.3 is 15.2 Å². The van der Waals surface area contributed by atoms with Gasteiger partial charge in [0.2, 0.25) is 0 Å². The second kappa shape index (κ2) is 8.18. The Bertz CT molecular complexity index is 1240. The largest absolute Gasteiger partial charge is 0.502 e. The van der Waals surface area contributed by atoms with Gasteiger partial charge >= 0.3 is 5.69 Å². The fourth-order valence-corrected chi connectivity index (χ4v) is 3.03. The van der Waals surface area contributed by atoms with Crippen molar-refractivity contribution in [2.45, 2.75) is 6.61 Å². The first-order chi connectivity index (χ1) is 14.5. The fraction of sp³-hybridized carbons (Fsp3) is 0.0500. The van der Waals surface area contributed by atoms with Crippen LogP contribution in [-0.2, 0) is 6.61 Å². The highest BCUT2D eigenvalue weighted by molar-refractivity contribution is 6.32. The summed E-state index contributed by atoms with van der Waals surface area (Å²) in [5.41, 5.74) is 1.29. The normalized spacial score (nSPS) is 10.7. The molecule has 0 radical (unpaired) electrons. The topological polar surface area (TPSA) is 123 Å². The Morgan fingerprint density at radius 1 is 1.13 bits per heavy atom. The number of aromatic nitrogens is 3. The molecule has 150 valence electrons. The predicted octanol–water partition coefficient (Wildman–Crippen LogP) is 4.61. The number of nitrogens with one attached hydrogen (secondary N) is 1. The summed E-state index contributed by atoms with van der Waals surface area (Å²) in [7, 11) is 0. The van der Waals surface area contributed by atoms with Crippen LogP contribution >= 0.6 is 11.6 Å². The van der Waals surface area contributed by atoms with Gasteiger partial charge in [-0.25, -0.2) is 9.97 Å². The van der Waals surface area contributed by atoms with Crippen molar-refractivity contribution < 1.29 is 14.8 Å². The summed E-state index contributed by atoms with van der Waals surface area (Å²) in [6, 6.07) is 13.1. The second-order valence-electron chi connectivity index (χ2n) is 6.22. The molecule has 10 heteroatoms. The highest BCUT2D eigenvalue weighted by Crippen LogP contribution is 2.35. The molecule has 0 fully saturated rings. The number of ether oxygens (including phenoxy) is 1. The number of nitrogens with zero attached hydrogens (tertiary/aromatic N) is 4. The molecular weight excluding hydrogens is 410 g/mol. The molecule has 0 aliphatic heterocycles. The Morgan fingerprint density at radius 3 is 2.73 bits per heavy atom. The molecule has 0 spiro atoms. The SMILES string of the molecule is O=[N+]([O-])c1cc2c(Nc3ccc(OCc4ccccn4)c(Cl)c3)ncnc2cc1O. The van der Waals surface area contributed by atoms with Gasteiger partial charge in [-0.05, 0) is 30.3 Å². The number of aromatic hydroxyl groups is 1. The van der Waals surface area contributed by atoms with Crippen LogP contribution in [0.3, 0.4) is 0 Å². The van der Waals surface area contributed by atoms with E-state index in [1.165, 1.54) is 18.5 Å². The summed E-state index contributed by atoms with van der Waals surface area (Å²) in [5, 5.41) is 24.8. The van der Waals surface area contributed by atoms with E-state index in [1.54, 1.807) is 24.4 Å². The van der Waals surface area contributed by atoms with E-state index in [0.717, 1.165) is 5.69 Å². The molecule has 0 bridgehead atoms. The molecule has 9 nitrogen and oxygen atoms in total. The van der Waals surface area contributed by atoms with Crippen molar-refractivity contribution in [3.8, 4) is 11.5 Å². The first-order valence-electron chi connectivity index (χ1n) is 8.72. The van der Waals surface area contributed by atoms with Crippen molar-refractivity contribution in [3.05, 3.63) is 81.9 Å². The van der Waals surface area contributed by atoms with Crippen LogP contribution in [0.1, 0.15) is 5.69 Å². The molecule has 30 heavy (non-hydrogen) atoms. The molecule has 0 unspecified atom stereocenters. The Hall–Kier alpha value is -3.98. The maximum Gasteiger partial charge on any atom is 0.311 e. The quantitative estimate of drug-likeness (QED) is 0.340. The van der Waals surface area contributed by atoms with Gasteiger partial charge in [0.05, 0.1) is 26.5 Å². The summed E-state index contributed by atoms with van der Waals surface area (Å²) in [6.07, 6.45) is 2.98. The van der Waals surface area contributed by atoms with Crippen molar-refractivity contribution in [2.24, 2.45) is 0 Å². The third-order valence-electron chi connectivity index (χ3n) is 4.22. The smallest absolute Gasteiger partial charge is 0.311 e. The number of fused-ring (bicyclic) bond motifs is 1. The van der Waals surface area contributed by atoms with Crippen LogP contribution in [0.25, 0.3) is 10.9 Å². The van der Waals surface area contributed by atoms with E-state index < -0.39 is 16.4 Å². The number of anilines is 2. The maximum absolute atomic E-state index is 11.1. The van der Waals surface area contributed by atoms with E-state index in [2.05, 4.69) is 20.3 Å². The Morgan fingerprint density at radius 2 is 2.00 bits per heavy atom. The molecule has 0 saturated heterocycles. The lowest BCUT2D eigenvalue weighted by Crippen LogP contribution is -1.99. The first-order valence-corrected chi connectivity index (χ1v) is 9.10. The van der Waals surface area contributed by atoms with Crippen molar-refractivity contribution in [1.29, 1.82) is 0 Å². The van der Waals surface area contributed by atoms with E-state index in [4.69, 9.17) is 16.3 Å². The molecule has 4 aromatic rings. The number of benzene rings is 2. The number of phenols is 1. The zero-order valence-corrected chi connectivity index (χ0v) is 16.1. The third-order valence-corrected chi connectivity index (χ3v) is 4.52. The highest BCUT2D eigenvalue weighted by Gasteiger charge is 2.17. The van der Waals surface area contributed by atoms with Crippen LogP contribution in [-0.4, -0.2) is 25.0 Å². The van der Waals surface area contributed by atoms with E-state index in [1.807, 2.05) is 18.2 Å². The van der Waals surface area contributed by atoms with Crippen molar-refractivity contribution >= 4 is 39.7 Å². The minimum Gasteiger partial charge on any atom is -0.502 e. The van der Waals surface area contributed by atoms with Crippen molar-refractivity contribution in [1.82, 2.24) is 15.0 Å². The number of pyridine rings is 1. The molecule has 0 amide bonds. The molecule has 0 aliphatic carbocycles. The molecule has 0 saturated carbocycles. The lowest BCUT2D eigenvalue weighted by molar-refractivity contribution is -0.385. The zero-order valence-electron chi connectivity index (χ0n) is 15.3.